The van der Waals surface area contributed by atoms with Crippen LogP contribution in [0.1, 0.15) is 21.7 Å². The highest BCUT2D eigenvalue weighted by Crippen LogP contribution is 2.32. The molecule has 2 heterocycles. The first kappa shape index (κ1) is 21.4. The largest absolute Gasteiger partial charge is 0.332 e. The number of carbonyl (C=O) groups excluding carboxylic acids is 1. The third kappa shape index (κ3) is 3.95. The molecule has 0 aliphatic rings. The number of thiocarbonyl (C=S) groups is 1. The molecule has 0 saturated carbocycles. The number of nitrogens with one attached hydrogen (secondary N) is 2. The van der Waals surface area contributed by atoms with Gasteiger partial charge in [0.05, 0.1) is 0 Å². The summed E-state index contributed by atoms with van der Waals surface area (Å²) in [4.78, 5) is 13.7. The molecule has 3 aromatic carbocycles. The van der Waals surface area contributed by atoms with Gasteiger partial charge in [0.2, 0.25) is 4.96 Å². The SMILES string of the molecule is Cc1c(NC(=S)NC(=O)c2cccc3c(Cl)cccc23)cccc1-c1nn2c(C)nnc2s1. The average molecular weight is 493 g/mol. The quantitative estimate of drug-likeness (QED) is 0.328. The van der Waals surface area contributed by atoms with Crippen LogP contribution < -0.4 is 10.6 Å². The zero-order chi connectivity index (χ0) is 23.1. The van der Waals surface area contributed by atoms with Crippen molar-refractivity contribution in [2.24, 2.45) is 0 Å². The van der Waals surface area contributed by atoms with Crippen molar-refractivity contribution in [3.8, 4) is 10.6 Å². The summed E-state index contributed by atoms with van der Waals surface area (Å²) >= 11 is 13.2. The number of aromatic nitrogens is 4. The van der Waals surface area contributed by atoms with Crippen molar-refractivity contribution in [3.63, 3.8) is 0 Å². The van der Waals surface area contributed by atoms with Crippen LogP contribution >= 0.6 is 35.2 Å². The average Bonchev–Trinajstić information content (AvgIpc) is 3.37. The lowest BCUT2D eigenvalue weighted by molar-refractivity contribution is 0.0979. The molecule has 0 unspecified atom stereocenters. The Morgan fingerprint density at radius 1 is 1.03 bits per heavy atom. The van der Waals surface area contributed by atoms with E-state index in [1.807, 2.05) is 50.2 Å². The number of halogens is 1. The van der Waals surface area contributed by atoms with Crippen molar-refractivity contribution in [1.82, 2.24) is 25.1 Å². The Hall–Kier alpha value is -3.40. The summed E-state index contributed by atoms with van der Waals surface area (Å²) in [5, 5.41) is 21.9. The second kappa shape index (κ2) is 8.51. The zero-order valence-corrected chi connectivity index (χ0v) is 20.0. The fourth-order valence-corrected chi connectivity index (χ4v) is 5.03. The van der Waals surface area contributed by atoms with Gasteiger partial charge >= 0.3 is 0 Å². The molecule has 10 heteroatoms. The van der Waals surface area contributed by atoms with Crippen molar-refractivity contribution < 1.29 is 4.79 Å². The summed E-state index contributed by atoms with van der Waals surface area (Å²) in [6, 6.07) is 16.7. The molecule has 33 heavy (non-hydrogen) atoms. The Balaban J connectivity index is 1.38. The van der Waals surface area contributed by atoms with Crippen molar-refractivity contribution >= 4 is 67.6 Å². The summed E-state index contributed by atoms with van der Waals surface area (Å²) in [7, 11) is 0. The van der Waals surface area contributed by atoms with Crippen molar-refractivity contribution in [3.05, 3.63) is 76.6 Å². The number of aryl methyl sites for hydroxylation is 1. The van der Waals surface area contributed by atoms with Crippen molar-refractivity contribution in [2.45, 2.75) is 13.8 Å². The second-order valence-corrected chi connectivity index (χ2v) is 9.15. The highest BCUT2D eigenvalue weighted by atomic mass is 35.5. The second-order valence-electron chi connectivity index (χ2n) is 7.38. The van der Waals surface area contributed by atoms with Crippen LogP contribution in [0.2, 0.25) is 5.02 Å². The Kier molecular flexibility index (Phi) is 5.53. The predicted octanol–water partition coefficient (Wildman–Crippen LogP) is 5.40. The maximum absolute atomic E-state index is 12.9. The smallest absolute Gasteiger partial charge is 0.258 e. The van der Waals surface area contributed by atoms with E-state index in [0.29, 0.717) is 10.6 Å². The Morgan fingerprint density at radius 3 is 2.61 bits per heavy atom. The molecule has 0 atom stereocenters. The standard InChI is InChI=1S/C23H17ClN6OS2/c1-12-14(21-29-30-13(2)27-28-23(30)33-21)6-5-11-19(12)25-22(32)26-20(31)17-9-3-8-16-15(17)7-4-10-18(16)24/h3-11H,1-2H3,(H2,25,26,31,32). The molecule has 1 amide bonds. The number of nitrogens with zero attached hydrogens (tertiary/aromatic N) is 4. The topological polar surface area (TPSA) is 84.2 Å². The number of anilines is 1. The molecular formula is C23H17ClN6OS2. The molecule has 0 bridgehead atoms. The zero-order valence-electron chi connectivity index (χ0n) is 17.6. The molecule has 0 spiro atoms. The minimum Gasteiger partial charge on any atom is -0.332 e. The minimum atomic E-state index is -0.307. The van der Waals surface area contributed by atoms with Crippen LogP contribution in [0.25, 0.3) is 26.3 Å². The number of hydrogen-bond acceptors (Lipinski definition) is 6. The van der Waals surface area contributed by atoms with E-state index in [1.54, 1.807) is 22.7 Å². The Morgan fingerprint density at radius 2 is 1.79 bits per heavy atom. The van der Waals surface area contributed by atoms with Gasteiger partial charge in [-0.3, -0.25) is 10.1 Å². The van der Waals surface area contributed by atoms with Crippen LogP contribution in [0, 0.1) is 13.8 Å². The molecule has 7 nitrogen and oxygen atoms in total. The first-order valence-corrected chi connectivity index (χ1v) is 11.6. The molecule has 0 fully saturated rings. The van der Waals surface area contributed by atoms with Crippen LogP contribution in [-0.2, 0) is 0 Å². The lowest BCUT2D eigenvalue weighted by Crippen LogP contribution is -2.34. The first-order chi connectivity index (χ1) is 15.9. The summed E-state index contributed by atoms with van der Waals surface area (Å²) in [6.07, 6.45) is 0. The fourth-order valence-electron chi connectivity index (χ4n) is 3.62. The molecule has 5 aromatic rings. The molecular weight excluding hydrogens is 476 g/mol. The van der Waals surface area contributed by atoms with E-state index >= 15 is 0 Å². The molecule has 0 aliphatic carbocycles. The molecule has 0 radical (unpaired) electrons. The maximum atomic E-state index is 12.9. The lowest BCUT2D eigenvalue weighted by atomic mass is 10.0. The van der Waals surface area contributed by atoms with Gasteiger partial charge in [0.1, 0.15) is 5.01 Å². The van der Waals surface area contributed by atoms with Crippen LogP contribution in [0.15, 0.2) is 54.6 Å². The third-order valence-electron chi connectivity index (χ3n) is 5.30. The van der Waals surface area contributed by atoms with Gasteiger partial charge in [0.15, 0.2) is 10.9 Å². The summed E-state index contributed by atoms with van der Waals surface area (Å²) in [5.74, 6) is 0.427. The Bertz CT molecular complexity index is 1560. The number of amides is 1. The van der Waals surface area contributed by atoms with E-state index in [2.05, 4.69) is 25.9 Å². The molecule has 2 N–H and O–H groups in total. The van der Waals surface area contributed by atoms with Gasteiger partial charge in [-0.15, -0.1) is 10.2 Å². The van der Waals surface area contributed by atoms with Gasteiger partial charge in [0, 0.05) is 27.2 Å². The highest BCUT2D eigenvalue weighted by molar-refractivity contribution is 7.80. The van der Waals surface area contributed by atoms with E-state index in [-0.39, 0.29) is 11.0 Å². The first-order valence-electron chi connectivity index (χ1n) is 10.0. The van der Waals surface area contributed by atoms with Crippen molar-refractivity contribution in [2.75, 3.05) is 5.32 Å². The van der Waals surface area contributed by atoms with Gasteiger partial charge in [-0.05, 0) is 55.2 Å². The van der Waals surface area contributed by atoms with Gasteiger partial charge in [-0.1, -0.05) is 59.3 Å². The third-order valence-corrected chi connectivity index (χ3v) is 6.77. The Labute approximate surface area is 203 Å². The van der Waals surface area contributed by atoms with Gasteiger partial charge in [0.25, 0.3) is 5.91 Å². The summed E-state index contributed by atoms with van der Waals surface area (Å²) in [5.41, 5.74) is 3.18. The van der Waals surface area contributed by atoms with Crippen LogP contribution in [0.3, 0.4) is 0 Å². The van der Waals surface area contributed by atoms with Crippen LogP contribution in [0.4, 0.5) is 5.69 Å². The summed E-state index contributed by atoms with van der Waals surface area (Å²) < 4.78 is 1.72. The normalized spacial score (nSPS) is 11.1. The number of fused-ring (bicyclic) bond motifs is 2. The van der Waals surface area contributed by atoms with Gasteiger partial charge < -0.3 is 5.32 Å². The van der Waals surface area contributed by atoms with E-state index in [0.717, 1.165) is 43.4 Å². The number of carbonyl (C=O) groups is 1. The van der Waals surface area contributed by atoms with E-state index < -0.39 is 0 Å². The van der Waals surface area contributed by atoms with Crippen molar-refractivity contribution in [1.29, 1.82) is 0 Å². The predicted molar refractivity (Wildman–Crippen MR) is 136 cm³/mol. The number of rotatable bonds is 3. The van der Waals surface area contributed by atoms with E-state index in [1.165, 1.54) is 11.3 Å². The van der Waals surface area contributed by atoms with E-state index in [4.69, 9.17) is 23.8 Å². The molecule has 0 saturated heterocycles. The fraction of sp³-hybridized carbons (Fsp3) is 0.0870. The molecule has 164 valence electrons. The monoisotopic (exact) mass is 492 g/mol. The maximum Gasteiger partial charge on any atom is 0.258 e. The van der Waals surface area contributed by atoms with Crippen LogP contribution in [-0.4, -0.2) is 30.8 Å². The highest BCUT2D eigenvalue weighted by Gasteiger charge is 2.16. The lowest BCUT2D eigenvalue weighted by Gasteiger charge is -2.14. The van der Waals surface area contributed by atoms with E-state index in [9.17, 15) is 4.79 Å². The summed E-state index contributed by atoms with van der Waals surface area (Å²) in [6.45, 7) is 3.84. The van der Waals surface area contributed by atoms with Gasteiger partial charge in [-0.25, -0.2) is 0 Å². The number of hydrogen-bond donors (Lipinski definition) is 2. The molecule has 5 rings (SSSR count). The van der Waals surface area contributed by atoms with Gasteiger partial charge in [-0.2, -0.15) is 9.61 Å². The number of benzene rings is 3. The van der Waals surface area contributed by atoms with Crippen LogP contribution in [0.5, 0.6) is 0 Å². The molecule has 0 aliphatic heterocycles. The molecule has 2 aromatic heterocycles. The minimum absolute atomic E-state index is 0.202.